The number of aliphatic hydroxyl groups excluding tert-OH is 2. The summed E-state index contributed by atoms with van der Waals surface area (Å²) in [6.45, 7) is 2.54. The third-order valence-corrected chi connectivity index (χ3v) is 3.00. The molecule has 1 aromatic rings. The second-order valence-corrected chi connectivity index (χ2v) is 4.56. The van der Waals surface area contributed by atoms with E-state index in [1.165, 1.54) is 6.07 Å². The van der Waals surface area contributed by atoms with Gasteiger partial charge < -0.3 is 15.1 Å². The van der Waals surface area contributed by atoms with Gasteiger partial charge in [-0.1, -0.05) is 12.1 Å². The molecule has 0 aromatic heterocycles. The van der Waals surface area contributed by atoms with Crippen LogP contribution in [0.4, 0.5) is 10.1 Å². The quantitative estimate of drug-likeness (QED) is 0.736. The number of nitrogens with zero attached hydrogens (tertiary/aromatic N) is 1. The summed E-state index contributed by atoms with van der Waals surface area (Å²) in [5, 5.41) is 18.4. The molecule has 1 atom stereocenters. The molecule has 0 aliphatic rings. The molecule has 102 valence electrons. The van der Waals surface area contributed by atoms with E-state index in [2.05, 4.69) is 0 Å². The first kappa shape index (κ1) is 14.9. The molecule has 1 aromatic carbocycles. The fraction of sp³-hybridized carbons (Fsp3) is 0.571. The van der Waals surface area contributed by atoms with Gasteiger partial charge in [0.2, 0.25) is 0 Å². The number of hydrogen-bond donors (Lipinski definition) is 2. The van der Waals surface area contributed by atoms with Crippen molar-refractivity contribution in [3.8, 4) is 0 Å². The fourth-order valence-electron chi connectivity index (χ4n) is 2.02. The summed E-state index contributed by atoms with van der Waals surface area (Å²) in [6, 6.07) is 4.76. The number of anilines is 1. The minimum atomic E-state index is -0.685. The molecule has 4 heteroatoms. The van der Waals surface area contributed by atoms with Crippen LogP contribution in [0.5, 0.6) is 0 Å². The lowest BCUT2D eigenvalue weighted by molar-refractivity contribution is 0.199. The van der Waals surface area contributed by atoms with Crippen molar-refractivity contribution in [2.75, 3.05) is 25.1 Å². The Balaban J connectivity index is 2.74. The molecule has 0 fully saturated rings. The average Bonchev–Trinajstić information content (AvgIpc) is 2.34. The van der Waals surface area contributed by atoms with Crippen molar-refractivity contribution in [1.82, 2.24) is 0 Å². The predicted molar refractivity (Wildman–Crippen MR) is 71.2 cm³/mol. The van der Waals surface area contributed by atoms with E-state index in [0.717, 1.165) is 19.3 Å². The van der Waals surface area contributed by atoms with E-state index in [-0.39, 0.29) is 12.4 Å². The van der Waals surface area contributed by atoms with Gasteiger partial charge in [0.25, 0.3) is 0 Å². The van der Waals surface area contributed by atoms with Crippen molar-refractivity contribution in [2.24, 2.45) is 0 Å². The lowest BCUT2D eigenvalue weighted by Crippen LogP contribution is -2.22. The van der Waals surface area contributed by atoms with E-state index in [4.69, 9.17) is 5.11 Å². The van der Waals surface area contributed by atoms with E-state index in [9.17, 15) is 9.50 Å². The standard InChI is InChI=1S/C14H22FNO2/c1-11(18)12-7-6-8-13(15)14(12)16(2)9-4-3-5-10-17/h6-8,11,17-18H,3-5,9-10H2,1-2H3/t11-/m1/s1. The molecule has 0 heterocycles. The first-order valence-corrected chi connectivity index (χ1v) is 6.36. The molecule has 0 radical (unpaired) electrons. The Morgan fingerprint density at radius 3 is 2.61 bits per heavy atom. The van der Waals surface area contributed by atoms with Gasteiger partial charge in [0.1, 0.15) is 5.82 Å². The van der Waals surface area contributed by atoms with Gasteiger partial charge in [-0.25, -0.2) is 4.39 Å². The summed E-state index contributed by atoms with van der Waals surface area (Å²) in [5.41, 5.74) is 1.08. The Labute approximate surface area is 108 Å². The number of benzene rings is 1. The Morgan fingerprint density at radius 2 is 2.00 bits per heavy atom. The van der Waals surface area contributed by atoms with Gasteiger partial charge in [-0.2, -0.15) is 0 Å². The smallest absolute Gasteiger partial charge is 0.146 e. The van der Waals surface area contributed by atoms with Crippen LogP contribution in [0.15, 0.2) is 18.2 Å². The van der Waals surface area contributed by atoms with Gasteiger partial charge in [0.05, 0.1) is 11.8 Å². The van der Waals surface area contributed by atoms with E-state index in [1.807, 2.05) is 11.9 Å². The summed E-state index contributed by atoms with van der Waals surface area (Å²) < 4.78 is 13.8. The zero-order valence-corrected chi connectivity index (χ0v) is 11.1. The lowest BCUT2D eigenvalue weighted by atomic mass is 10.1. The third kappa shape index (κ3) is 3.96. The summed E-state index contributed by atoms with van der Waals surface area (Å²) in [7, 11) is 1.82. The largest absolute Gasteiger partial charge is 0.396 e. The highest BCUT2D eigenvalue weighted by Crippen LogP contribution is 2.28. The SMILES string of the molecule is C[C@@H](O)c1cccc(F)c1N(C)CCCCCO. The second kappa shape index (κ2) is 7.34. The highest BCUT2D eigenvalue weighted by atomic mass is 19.1. The normalized spacial score (nSPS) is 12.5. The minimum absolute atomic E-state index is 0.197. The van der Waals surface area contributed by atoms with Crippen molar-refractivity contribution < 1.29 is 14.6 Å². The van der Waals surface area contributed by atoms with Crippen LogP contribution >= 0.6 is 0 Å². The van der Waals surface area contributed by atoms with Gasteiger partial charge in [0.15, 0.2) is 0 Å². The van der Waals surface area contributed by atoms with Crippen LogP contribution in [-0.4, -0.2) is 30.4 Å². The predicted octanol–water partition coefficient (Wildman–Crippen LogP) is 2.48. The summed E-state index contributed by atoms with van der Waals surface area (Å²) in [4.78, 5) is 1.83. The lowest BCUT2D eigenvalue weighted by Gasteiger charge is -2.24. The van der Waals surface area contributed by atoms with Crippen molar-refractivity contribution in [2.45, 2.75) is 32.3 Å². The molecule has 0 bridgehead atoms. The molecule has 3 nitrogen and oxygen atoms in total. The molecular weight excluding hydrogens is 233 g/mol. The number of halogens is 1. The molecule has 0 aliphatic carbocycles. The maximum Gasteiger partial charge on any atom is 0.146 e. The monoisotopic (exact) mass is 255 g/mol. The number of aliphatic hydroxyl groups is 2. The molecule has 0 unspecified atom stereocenters. The fourth-order valence-corrected chi connectivity index (χ4v) is 2.02. The summed E-state index contributed by atoms with van der Waals surface area (Å²) in [5.74, 6) is -0.307. The van der Waals surface area contributed by atoms with Crippen LogP contribution < -0.4 is 4.90 Å². The number of hydrogen-bond acceptors (Lipinski definition) is 3. The topological polar surface area (TPSA) is 43.7 Å². The van der Waals surface area contributed by atoms with Crippen LogP contribution in [-0.2, 0) is 0 Å². The molecule has 0 aliphatic heterocycles. The van der Waals surface area contributed by atoms with E-state index in [1.54, 1.807) is 19.1 Å². The van der Waals surface area contributed by atoms with Gasteiger partial charge in [-0.15, -0.1) is 0 Å². The van der Waals surface area contributed by atoms with Crippen molar-refractivity contribution in [3.05, 3.63) is 29.6 Å². The molecule has 0 saturated heterocycles. The highest BCUT2D eigenvalue weighted by molar-refractivity contribution is 5.55. The van der Waals surface area contributed by atoms with Crippen LogP contribution in [0.3, 0.4) is 0 Å². The molecule has 1 rings (SSSR count). The van der Waals surface area contributed by atoms with Crippen LogP contribution in [0.25, 0.3) is 0 Å². The maximum absolute atomic E-state index is 13.8. The number of para-hydroxylation sites is 1. The van der Waals surface area contributed by atoms with E-state index in [0.29, 0.717) is 17.8 Å². The van der Waals surface area contributed by atoms with E-state index >= 15 is 0 Å². The molecule has 0 saturated carbocycles. The Bertz CT molecular complexity index is 369. The van der Waals surface area contributed by atoms with Gasteiger partial charge in [-0.05, 0) is 32.3 Å². The molecule has 2 N–H and O–H groups in total. The molecule has 18 heavy (non-hydrogen) atoms. The van der Waals surface area contributed by atoms with Crippen LogP contribution in [0, 0.1) is 5.82 Å². The summed E-state index contributed by atoms with van der Waals surface area (Å²) in [6.07, 6.45) is 1.90. The Morgan fingerprint density at radius 1 is 1.28 bits per heavy atom. The molecule has 0 amide bonds. The molecule has 0 spiro atoms. The van der Waals surface area contributed by atoms with Crippen molar-refractivity contribution in [1.29, 1.82) is 0 Å². The minimum Gasteiger partial charge on any atom is -0.396 e. The average molecular weight is 255 g/mol. The Hall–Kier alpha value is -1.13. The second-order valence-electron chi connectivity index (χ2n) is 4.56. The van der Waals surface area contributed by atoms with E-state index < -0.39 is 6.10 Å². The van der Waals surface area contributed by atoms with Gasteiger partial charge in [-0.3, -0.25) is 0 Å². The van der Waals surface area contributed by atoms with Crippen molar-refractivity contribution >= 4 is 5.69 Å². The maximum atomic E-state index is 13.8. The zero-order chi connectivity index (χ0) is 13.5. The van der Waals surface area contributed by atoms with Crippen molar-refractivity contribution in [3.63, 3.8) is 0 Å². The number of unbranched alkanes of at least 4 members (excludes halogenated alkanes) is 2. The molecular formula is C14H22FNO2. The van der Waals surface area contributed by atoms with Gasteiger partial charge in [0, 0.05) is 25.8 Å². The third-order valence-electron chi connectivity index (χ3n) is 3.00. The number of rotatable bonds is 7. The summed E-state index contributed by atoms with van der Waals surface area (Å²) >= 11 is 0. The van der Waals surface area contributed by atoms with Gasteiger partial charge >= 0.3 is 0 Å². The van der Waals surface area contributed by atoms with Crippen LogP contribution in [0.2, 0.25) is 0 Å². The highest BCUT2D eigenvalue weighted by Gasteiger charge is 2.15. The first-order chi connectivity index (χ1) is 8.57. The van der Waals surface area contributed by atoms with Crippen LogP contribution in [0.1, 0.15) is 37.9 Å². The zero-order valence-electron chi connectivity index (χ0n) is 11.1. The Kier molecular flexibility index (Phi) is 6.09. The first-order valence-electron chi connectivity index (χ1n) is 6.36.